The maximum atomic E-state index is 13.7. The molecular weight excluding hydrogens is 432 g/mol. The second kappa shape index (κ2) is 13.6. The van der Waals surface area contributed by atoms with Gasteiger partial charge in [0.25, 0.3) is 0 Å². The van der Waals surface area contributed by atoms with Gasteiger partial charge >= 0.3 is 6.09 Å². The van der Waals surface area contributed by atoms with Crippen LogP contribution in [0.5, 0.6) is 0 Å². The van der Waals surface area contributed by atoms with Gasteiger partial charge in [-0.15, -0.1) is 0 Å². The fourth-order valence-corrected chi connectivity index (χ4v) is 3.39. The summed E-state index contributed by atoms with van der Waals surface area (Å²) in [4.78, 5) is 40.6. The lowest BCUT2D eigenvalue weighted by atomic mass is 9.98. The molecule has 1 aromatic carbocycles. The Morgan fingerprint density at radius 1 is 1.12 bits per heavy atom. The van der Waals surface area contributed by atoms with Crippen molar-refractivity contribution in [2.45, 2.75) is 85.4 Å². The Bertz CT molecular complexity index is 853. The predicted octanol–water partition coefficient (Wildman–Crippen LogP) is 4.11. The Hall–Kier alpha value is -3.08. The summed E-state index contributed by atoms with van der Waals surface area (Å²) in [5, 5.41) is 15.1. The molecule has 0 aliphatic heterocycles. The maximum absolute atomic E-state index is 13.7. The van der Waals surface area contributed by atoms with Crippen LogP contribution in [-0.2, 0) is 20.7 Å². The van der Waals surface area contributed by atoms with Crippen molar-refractivity contribution in [2.75, 3.05) is 13.1 Å². The van der Waals surface area contributed by atoms with Gasteiger partial charge in [0.05, 0.1) is 6.07 Å². The van der Waals surface area contributed by atoms with Crippen LogP contribution in [-0.4, -0.2) is 47.5 Å². The maximum Gasteiger partial charge on any atom is 0.408 e. The van der Waals surface area contributed by atoms with Crippen LogP contribution in [0.2, 0.25) is 0 Å². The number of nitrogens with zero attached hydrogens (tertiary/aromatic N) is 2. The Balaban J connectivity index is 3.37. The van der Waals surface area contributed by atoms with Crippen LogP contribution in [0.25, 0.3) is 0 Å². The van der Waals surface area contributed by atoms with Crippen molar-refractivity contribution in [2.24, 2.45) is 5.92 Å². The fourth-order valence-electron chi connectivity index (χ4n) is 3.39. The largest absolute Gasteiger partial charge is 0.444 e. The van der Waals surface area contributed by atoms with E-state index in [2.05, 4.69) is 10.6 Å². The van der Waals surface area contributed by atoms with Crippen molar-refractivity contribution >= 4 is 17.9 Å². The zero-order chi connectivity index (χ0) is 25.9. The number of ether oxygens (including phenoxy) is 1. The predicted molar refractivity (Wildman–Crippen MR) is 132 cm³/mol. The van der Waals surface area contributed by atoms with E-state index < -0.39 is 29.7 Å². The Labute approximate surface area is 204 Å². The summed E-state index contributed by atoms with van der Waals surface area (Å²) < 4.78 is 5.33. The minimum absolute atomic E-state index is 0.299. The first-order chi connectivity index (χ1) is 15.9. The van der Waals surface area contributed by atoms with Crippen molar-refractivity contribution in [3.05, 3.63) is 35.4 Å². The number of aryl methyl sites for hydroxylation is 1. The Kier molecular flexibility index (Phi) is 11.6. The molecule has 34 heavy (non-hydrogen) atoms. The minimum atomic E-state index is -1.00. The third kappa shape index (κ3) is 9.05. The van der Waals surface area contributed by atoms with E-state index in [-0.39, 0.29) is 18.4 Å². The SMILES string of the molecule is CCCCNC(=O)C(c1ccc(CC)cc1)N(CC#N)C(=O)C(NC(=O)OC(C)(C)C)C(C)C. The number of rotatable bonds is 11. The number of nitriles is 1. The molecule has 188 valence electrons. The van der Waals surface area contributed by atoms with E-state index in [9.17, 15) is 19.6 Å². The van der Waals surface area contributed by atoms with Crippen molar-refractivity contribution in [3.63, 3.8) is 0 Å². The molecule has 0 radical (unpaired) electrons. The van der Waals surface area contributed by atoms with Gasteiger partial charge in [0.2, 0.25) is 11.8 Å². The quantitative estimate of drug-likeness (QED) is 0.372. The molecule has 0 bridgehead atoms. The molecule has 0 aliphatic carbocycles. The second-order valence-electron chi connectivity index (χ2n) is 9.63. The van der Waals surface area contributed by atoms with E-state index >= 15 is 0 Å². The summed E-state index contributed by atoms with van der Waals surface area (Å²) in [7, 11) is 0. The molecule has 2 unspecified atom stereocenters. The Morgan fingerprint density at radius 3 is 2.21 bits per heavy atom. The van der Waals surface area contributed by atoms with Crippen LogP contribution >= 0.6 is 0 Å². The van der Waals surface area contributed by atoms with Crippen LogP contribution in [0, 0.1) is 17.2 Å². The van der Waals surface area contributed by atoms with Crippen LogP contribution < -0.4 is 10.6 Å². The lowest BCUT2D eigenvalue weighted by Crippen LogP contribution is -2.55. The third-order valence-corrected chi connectivity index (χ3v) is 5.22. The first kappa shape index (κ1) is 29.0. The molecule has 8 nitrogen and oxygen atoms in total. The van der Waals surface area contributed by atoms with E-state index in [1.54, 1.807) is 34.6 Å². The lowest BCUT2D eigenvalue weighted by Gasteiger charge is -2.34. The summed E-state index contributed by atoms with van der Waals surface area (Å²) in [6.07, 6.45) is 1.82. The van der Waals surface area contributed by atoms with Gasteiger partial charge in [-0.25, -0.2) is 4.79 Å². The monoisotopic (exact) mass is 472 g/mol. The van der Waals surface area contributed by atoms with E-state index in [0.29, 0.717) is 12.1 Å². The average Bonchev–Trinajstić information content (AvgIpc) is 2.76. The minimum Gasteiger partial charge on any atom is -0.444 e. The number of carbonyl (C=O) groups is 3. The smallest absolute Gasteiger partial charge is 0.408 e. The molecule has 0 saturated heterocycles. The van der Waals surface area contributed by atoms with Crippen LogP contribution in [0.1, 0.15) is 78.5 Å². The molecule has 0 fully saturated rings. The first-order valence-electron chi connectivity index (χ1n) is 12.0. The van der Waals surface area contributed by atoms with Gasteiger partial charge in [-0.1, -0.05) is 58.4 Å². The molecule has 2 atom stereocenters. The van der Waals surface area contributed by atoms with Gasteiger partial charge in [-0.3, -0.25) is 9.59 Å². The molecule has 1 rings (SSSR count). The zero-order valence-electron chi connectivity index (χ0n) is 21.6. The van der Waals surface area contributed by atoms with Crippen LogP contribution in [0.3, 0.4) is 0 Å². The van der Waals surface area contributed by atoms with Gasteiger partial charge in [0.15, 0.2) is 0 Å². The van der Waals surface area contributed by atoms with E-state index in [1.165, 1.54) is 4.90 Å². The van der Waals surface area contributed by atoms with Crippen molar-refractivity contribution in [1.29, 1.82) is 5.26 Å². The normalized spacial score (nSPS) is 12.9. The molecular formula is C26H40N4O4. The highest BCUT2D eigenvalue weighted by atomic mass is 16.6. The van der Waals surface area contributed by atoms with Gasteiger partial charge in [-0.2, -0.15) is 5.26 Å². The number of benzene rings is 1. The summed E-state index contributed by atoms with van der Waals surface area (Å²) in [5.74, 6) is -1.17. The van der Waals surface area contributed by atoms with Gasteiger partial charge in [0.1, 0.15) is 24.2 Å². The number of alkyl carbamates (subject to hydrolysis) is 1. The summed E-state index contributed by atoms with van der Waals surface area (Å²) >= 11 is 0. The van der Waals surface area contributed by atoms with E-state index in [0.717, 1.165) is 24.8 Å². The van der Waals surface area contributed by atoms with Crippen molar-refractivity contribution in [3.8, 4) is 6.07 Å². The second-order valence-corrected chi connectivity index (χ2v) is 9.63. The van der Waals surface area contributed by atoms with Crippen molar-refractivity contribution in [1.82, 2.24) is 15.5 Å². The third-order valence-electron chi connectivity index (χ3n) is 5.22. The van der Waals surface area contributed by atoms with Gasteiger partial charge < -0.3 is 20.3 Å². The Morgan fingerprint density at radius 2 is 1.74 bits per heavy atom. The molecule has 8 heteroatoms. The van der Waals surface area contributed by atoms with E-state index in [1.807, 2.05) is 44.2 Å². The number of unbranched alkanes of at least 4 members (excludes halogenated alkanes) is 1. The van der Waals surface area contributed by atoms with E-state index in [4.69, 9.17) is 4.74 Å². The molecule has 0 aromatic heterocycles. The molecule has 0 spiro atoms. The number of hydrogen-bond donors (Lipinski definition) is 2. The highest BCUT2D eigenvalue weighted by Gasteiger charge is 2.37. The van der Waals surface area contributed by atoms with Gasteiger partial charge in [-0.05, 0) is 50.7 Å². The number of amides is 3. The van der Waals surface area contributed by atoms with Crippen LogP contribution in [0.4, 0.5) is 4.79 Å². The topological polar surface area (TPSA) is 112 Å². The van der Waals surface area contributed by atoms with Crippen molar-refractivity contribution < 1.29 is 19.1 Å². The summed E-state index contributed by atoms with van der Waals surface area (Å²) in [6, 6.07) is 7.49. The zero-order valence-corrected chi connectivity index (χ0v) is 21.6. The number of hydrogen-bond acceptors (Lipinski definition) is 5. The molecule has 0 aliphatic rings. The number of carbonyl (C=O) groups excluding carboxylic acids is 3. The summed E-state index contributed by atoms with van der Waals surface area (Å²) in [6.45, 7) is 13.0. The average molecular weight is 473 g/mol. The summed E-state index contributed by atoms with van der Waals surface area (Å²) in [5.41, 5.74) is 0.970. The highest BCUT2D eigenvalue weighted by Crippen LogP contribution is 2.24. The molecule has 0 heterocycles. The molecule has 1 aromatic rings. The standard InChI is InChI=1S/C26H40N4O4/c1-8-10-16-28-23(31)22(20-13-11-19(9-2)12-14-20)30(17-15-27)24(32)21(18(3)4)29-25(33)34-26(5,6)7/h11-14,18,21-22H,8-10,16-17H2,1-7H3,(H,28,31)(H,29,33). The molecule has 0 saturated carbocycles. The highest BCUT2D eigenvalue weighted by molar-refractivity contribution is 5.92. The number of nitrogens with one attached hydrogen (secondary N) is 2. The molecule has 2 N–H and O–H groups in total. The molecule has 3 amide bonds. The van der Waals surface area contributed by atoms with Gasteiger partial charge in [0, 0.05) is 6.54 Å². The fraction of sp³-hybridized carbons (Fsp3) is 0.615. The first-order valence-corrected chi connectivity index (χ1v) is 12.0. The van der Waals surface area contributed by atoms with Crippen LogP contribution in [0.15, 0.2) is 24.3 Å². The lowest BCUT2D eigenvalue weighted by molar-refractivity contribution is -0.142.